The van der Waals surface area contributed by atoms with E-state index in [-0.39, 0.29) is 11.7 Å². The van der Waals surface area contributed by atoms with E-state index in [9.17, 15) is 9.59 Å². The zero-order chi connectivity index (χ0) is 22.8. The van der Waals surface area contributed by atoms with Gasteiger partial charge in [-0.05, 0) is 81.3 Å². The van der Waals surface area contributed by atoms with Crippen molar-refractivity contribution in [2.24, 2.45) is 0 Å². The molecular formula is C26H30N4O2. The van der Waals surface area contributed by atoms with Gasteiger partial charge in [0.1, 0.15) is 0 Å². The first-order valence-electron chi connectivity index (χ1n) is 11.2. The molecule has 166 valence electrons. The van der Waals surface area contributed by atoms with Gasteiger partial charge in [0.05, 0.1) is 11.4 Å². The number of amides is 1. The van der Waals surface area contributed by atoms with Crippen molar-refractivity contribution in [2.45, 2.75) is 34.1 Å². The average molecular weight is 431 g/mol. The summed E-state index contributed by atoms with van der Waals surface area (Å²) in [6.45, 7) is 10.7. The molecule has 0 radical (unpaired) electrons. The minimum absolute atomic E-state index is 0.0609. The number of Topliss-reactive ketones (excluding diaryl/α,β-unsaturated/α-hetero) is 1. The number of hydrogen-bond acceptors (Lipinski definition) is 4. The van der Waals surface area contributed by atoms with Crippen LogP contribution in [0.3, 0.4) is 0 Å². The van der Waals surface area contributed by atoms with E-state index in [2.05, 4.69) is 23.8 Å². The highest BCUT2D eigenvalue weighted by molar-refractivity contribution is 5.95. The fraction of sp³-hybridized carbons (Fsp3) is 0.346. The van der Waals surface area contributed by atoms with Crippen molar-refractivity contribution in [1.29, 1.82) is 0 Å². The third-order valence-corrected chi connectivity index (χ3v) is 6.36. The molecule has 2 aromatic carbocycles. The summed E-state index contributed by atoms with van der Waals surface area (Å²) in [5.41, 5.74) is 6.96. The Kier molecular flexibility index (Phi) is 6.12. The number of piperazine rings is 1. The van der Waals surface area contributed by atoms with E-state index >= 15 is 0 Å². The van der Waals surface area contributed by atoms with Crippen molar-refractivity contribution in [3.63, 3.8) is 0 Å². The molecule has 6 heteroatoms. The fourth-order valence-electron chi connectivity index (χ4n) is 4.44. The molecule has 0 saturated carbocycles. The monoisotopic (exact) mass is 430 g/mol. The van der Waals surface area contributed by atoms with Gasteiger partial charge in [0, 0.05) is 48.7 Å². The molecule has 1 aromatic heterocycles. The second-order valence-corrected chi connectivity index (χ2v) is 8.34. The molecule has 0 unspecified atom stereocenters. The van der Waals surface area contributed by atoms with E-state index < -0.39 is 0 Å². The summed E-state index contributed by atoms with van der Waals surface area (Å²) in [6.07, 6.45) is 0.959. The highest BCUT2D eigenvalue weighted by Crippen LogP contribution is 2.21. The maximum Gasteiger partial charge on any atom is 0.253 e. The molecule has 0 bridgehead atoms. The number of benzene rings is 2. The quantitative estimate of drug-likeness (QED) is 0.569. The van der Waals surface area contributed by atoms with Gasteiger partial charge in [0.2, 0.25) is 0 Å². The Bertz CT molecular complexity index is 1120. The number of rotatable bonds is 5. The SMILES string of the molecule is CCc1c(C)nn(-c2ccc(C(=O)N3CCN(c4ccc(C(C)=O)cc4)CC3)cc2)c1C. The first-order chi connectivity index (χ1) is 15.4. The highest BCUT2D eigenvalue weighted by atomic mass is 16.2. The Balaban J connectivity index is 1.40. The molecule has 2 heterocycles. The van der Waals surface area contributed by atoms with E-state index in [4.69, 9.17) is 0 Å². The van der Waals surface area contributed by atoms with Crippen molar-refractivity contribution in [2.75, 3.05) is 31.1 Å². The minimum Gasteiger partial charge on any atom is -0.368 e. The second-order valence-electron chi connectivity index (χ2n) is 8.34. The van der Waals surface area contributed by atoms with Crippen molar-refractivity contribution < 1.29 is 9.59 Å². The third-order valence-electron chi connectivity index (χ3n) is 6.36. The van der Waals surface area contributed by atoms with Crippen LogP contribution < -0.4 is 4.90 Å². The van der Waals surface area contributed by atoms with Crippen LogP contribution in [0.1, 0.15) is 51.5 Å². The molecule has 1 saturated heterocycles. The van der Waals surface area contributed by atoms with Crippen LogP contribution in [0.2, 0.25) is 0 Å². The van der Waals surface area contributed by atoms with Crippen LogP contribution in [0.15, 0.2) is 48.5 Å². The van der Waals surface area contributed by atoms with Crippen LogP contribution in [0.4, 0.5) is 5.69 Å². The lowest BCUT2D eigenvalue weighted by atomic mass is 10.1. The summed E-state index contributed by atoms with van der Waals surface area (Å²) in [4.78, 5) is 28.7. The van der Waals surface area contributed by atoms with E-state index in [1.165, 1.54) is 5.56 Å². The van der Waals surface area contributed by atoms with Gasteiger partial charge in [-0.15, -0.1) is 0 Å². The summed E-state index contributed by atoms with van der Waals surface area (Å²) < 4.78 is 1.96. The predicted molar refractivity (Wildman–Crippen MR) is 127 cm³/mol. The van der Waals surface area contributed by atoms with Gasteiger partial charge in [-0.2, -0.15) is 5.10 Å². The van der Waals surface area contributed by atoms with Crippen molar-refractivity contribution in [1.82, 2.24) is 14.7 Å². The van der Waals surface area contributed by atoms with Crippen LogP contribution in [0.25, 0.3) is 5.69 Å². The van der Waals surface area contributed by atoms with Crippen LogP contribution in [-0.4, -0.2) is 52.5 Å². The Morgan fingerprint density at radius 1 is 0.844 bits per heavy atom. The lowest BCUT2D eigenvalue weighted by molar-refractivity contribution is 0.0746. The third kappa shape index (κ3) is 4.17. The van der Waals surface area contributed by atoms with E-state index in [0.29, 0.717) is 18.7 Å². The molecule has 4 rings (SSSR count). The van der Waals surface area contributed by atoms with Crippen molar-refractivity contribution in [3.05, 3.63) is 76.6 Å². The number of hydrogen-bond donors (Lipinski definition) is 0. The number of carbonyl (C=O) groups excluding carboxylic acids is 2. The topological polar surface area (TPSA) is 58.4 Å². The molecule has 32 heavy (non-hydrogen) atoms. The Morgan fingerprint density at radius 3 is 1.94 bits per heavy atom. The maximum absolute atomic E-state index is 13.0. The largest absolute Gasteiger partial charge is 0.368 e. The van der Waals surface area contributed by atoms with E-state index in [1.807, 2.05) is 65.0 Å². The van der Waals surface area contributed by atoms with Gasteiger partial charge in [0.15, 0.2) is 5.78 Å². The van der Waals surface area contributed by atoms with Gasteiger partial charge >= 0.3 is 0 Å². The maximum atomic E-state index is 13.0. The van der Waals surface area contributed by atoms with Crippen LogP contribution in [0.5, 0.6) is 0 Å². The van der Waals surface area contributed by atoms with Gasteiger partial charge in [-0.3, -0.25) is 9.59 Å². The minimum atomic E-state index is 0.0609. The molecule has 3 aromatic rings. The first kappa shape index (κ1) is 21.8. The van der Waals surface area contributed by atoms with Crippen LogP contribution >= 0.6 is 0 Å². The Morgan fingerprint density at radius 2 is 1.41 bits per heavy atom. The van der Waals surface area contributed by atoms with Crippen LogP contribution in [-0.2, 0) is 6.42 Å². The number of anilines is 1. The van der Waals surface area contributed by atoms with Crippen molar-refractivity contribution in [3.8, 4) is 5.69 Å². The molecule has 0 aliphatic carbocycles. The smallest absolute Gasteiger partial charge is 0.253 e. The molecule has 0 N–H and O–H groups in total. The normalized spacial score (nSPS) is 14.0. The number of aromatic nitrogens is 2. The molecule has 0 atom stereocenters. The van der Waals surface area contributed by atoms with Gasteiger partial charge in [-0.25, -0.2) is 4.68 Å². The van der Waals surface area contributed by atoms with Gasteiger partial charge in [-0.1, -0.05) is 6.92 Å². The number of carbonyl (C=O) groups is 2. The standard InChI is InChI=1S/C26H30N4O2/c1-5-25-18(2)27-30(19(25)3)24-12-8-22(9-13-24)26(32)29-16-14-28(15-17-29)23-10-6-21(7-11-23)20(4)31/h6-13H,5,14-17H2,1-4H3. The van der Waals surface area contributed by atoms with Crippen molar-refractivity contribution >= 4 is 17.4 Å². The number of nitrogens with zero attached hydrogens (tertiary/aromatic N) is 4. The van der Waals surface area contributed by atoms with Gasteiger partial charge in [0.25, 0.3) is 5.91 Å². The molecule has 1 aliphatic rings. The second kappa shape index (κ2) is 8.99. The summed E-state index contributed by atoms with van der Waals surface area (Å²) in [7, 11) is 0. The fourth-order valence-corrected chi connectivity index (χ4v) is 4.44. The van der Waals surface area contributed by atoms with E-state index in [0.717, 1.165) is 47.8 Å². The summed E-state index contributed by atoms with van der Waals surface area (Å²) in [6, 6.07) is 15.4. The lowest BCUT2D eigenvalue weighted by Gasteiger charge is -2.36. The lowest BCUT2D eigenvalue weighted by Crippen LogP contribution is -2.48. The highest BCUT2D eigenvalue weighted by Gasteiger charge is 2.22. The zero-order valence-electron chi connectivity index (χ0n) is 19.3. The number of ketones is 1. The average Bonchev–Trinajstić information content (AvgIpc) is 3.11. The Hall–Kier alpha value is -3.41. The zero-order valence-corrected chi connectivity index (χ0v) is 19.3. The Labute approximate surface area is 189 Å². The molecular weight excluding hydrogens is 400 g/mol. The molecule has 6 nitrogen and oxygen atoms in total. The molecule has 1 fully saturated rings. The molecule has 1 amide bonds. The summed E-state index contributed by atoms with van der Waals surface area (Å²) >= 11 is 0. The summed E-state index contributed by atoms with van der Waals surface area (Å²) in [5, 5.41) is 4.66. The van der Waals surface area contributed by atoms with Gasteiger partial charge < -0.3 is 9.80 Å². The summed E-state index contributed by atoms with van der Waals surface area (Å²) in [5.74, 6) is 0.132. The molecule has 0 spiro atoms. The predicted octanol–water partition coefficient (Wildman–Crippen LogP) is 4.22. The van der Waals surface area contributed by atoms with E-state index in [1.54, 1.807) is 6.92 Å². The number of aryl methyl sites for hydroxylation is 1. The van der Waals surface area contributed by atoms with Crippen LogP contribution in [0, 0.1) is 13.8 Å². The molecule has 1 aliphatic heterocycles. The first-order valence-corrected chi connectivity index (χ1v) is 11.2.